The SMILES string of the molecule is CC1CCCCN1CCCNc1cc(Cl)ccc1C(=O)O. The molecular weight excluding hydrogens is 288 g/mol. The van der Waals surface area contributed by atoms with Gasteiger partial charge in [-0.05, 0) is 50.9 Å². The average molecular weight is 311 g/mol. The Morgan fingerprint density at radius 1 is 1.48 bits per heavy atom. The molecule has 2 rings (SSSR count). The maximum absolute atomic E-state index is 11.2. The molecule has 0 saturated carbocycles. The Balaban J connectivity index is 1.83. The van der Waals surface area contributed by atoms with Gasteiger partial charge in [-0.3, -0.25) is 0 Å². The minimum absolute atomic E-state index is 0.269. The minimum Gasteiger partial charge on any atom is -0.478 e. The summed E-state index contributed by atoms with van der Waals surface area (Å²) in [6.45, 7) is 5.27. The van der Waals surface area contributed by atoms with Crippen LogP contribution in [0.2, 0.25) is 5.02 Å². The number of nitrogens with one attached hydrogen (secondary N) is 1. The van der Waals surface area contributed by atoms with Crippen LogP contribution in [0.5, 0.6) is 0 Å². The van der Waals surface area contributed by atoms with Crippen LogP contribution >= 0.6 is 11.6 Å². The Morgan fingerprint density at radius 3 is 3.00 bits per heavy atom. The fourth-order valence-corrected chi connectivity index (χ4v) is 3.02. The van der Waals surface area contributed by atoms with E-state index in [9.17, 15) is 4.79 Å². The molecule has 0 bridgehead atoms. The van der Waals surface area contributed by atoms with Crippen LogP contribution in [0.4, 0.5) is 5.69 Å². The normalized spacial score (nSPS) is 19.4. The van der Waals surface area contributed by atoms with Gasteiger partial charge in [0, 0.05) is 24.2 Å². The summed E-state index contributed by atoms with van der Waals surface area (Å²) in [5.74, 6) is -0.932. The number of aromatic carboxylic acids is 1. The van der Waals surface area contributed by atoms with Gasteiger partial charge in [0.05, 0.1) is 11.3 Å². The van der Waals surface area contributed by atoms with Crippen molar-refractivity contribution in [3.63, 3.8) is 0 Å². The molecule has 0 amide bonds. The Hall–Kier alpha value is -1.26. The second-order valence-corrected chi connectivity index (χ2v) is 6.09. The molecular formula is C16H23ClN2O2. The second kappa shape index (κ2) is 7.66. The summed E-state index contributed by atoms with van der Waals surface area (Å²) in [6, 6.07) is 5.49. The molecule has 1 aliphatic heterocycles. The summed E-state index contributed by atoms with van der Waals surface area (Å²) in [4.78, 5) is 13.7. The first-order chi connectivity index (χ1) is 10.1. The highest BCUT2D eigenvalue weighted by Crippen LogP contribution is 2.21. The van der Waals surface area contributed by atoms with Crippen LogP contribution in [0.1, 0.15) is 43.0 Å². The van der Waals surface area contributed by atoms with Gasteiger partial charge in [-0.25, -0.2) is 4.79 Å². The molecule has 0 aliphatic carbocycles. The molecule has 2 N–H and O–H groups in total. The fourth-order valence-electron chi connectivity index (χ4n) is 2.84. The van der Waals surface area contributed by atoms with Gasteiger partial charge in [-0.1, -0.05) is 18.0 Å². The highest BCUT2D eigenvalue weighted by Gasteiger charge is 2.17. The van der Waals surface area contributed by atoms with Crippen molar-refractivity contribution in [1.29, 1.82) is 0 Å². The number of likely N-dealkylation sites (tertiary alicyclic amines) is 1. The molecule has 1 fully saturated rings. The predicted molar refractivity (Wildman–Crippen MR) is 86.4 cm³/mol. The summed E-state index contributed by atoms with van der Waals surface area (Å²) in [5, 5.41) is 12.9. The van der Waals surface area contributed by atoms with Crippen molar-refractivity contribution in [2.75, 3.05) is 25.0 Å². The number of benzene rings is 1. The lowest BCUT2D eigenvalue weighted by Gasteiger charge is -2.33. The summed E-state index contributed by atoms with van der Waals surface area (Å²) < 4.78 is 0. The van der Waals surface area contributed by atoms with Gasteiger partial charge in [-0.2, -0.15) is 0 Å². The van der Waals surface area contributed by atoms with E-state index in [2.05, 4.69) is 17.1 Å². The molecule has 0 radical (unpaired) electrons. The molecule has 1 saturated heterocycles. The van der Waals surface area contributed by atoms with E-state index in [4.69, 9.17) is 16.7 Å². The van der Waals surface area contributed by atoms with E-state index in [1.54, 1.807) is 18.2 Å². The third-order valence-corrected chi connectivity index (χ3v) is 4.33. The maximum atomic E-state index is 11.2. The number of hydrogen-bond acceptors (Lipinski definition) is 3. The van der Waals surface area contributed by atoms with Crippen molar-refractivity contribution in [2.45, 2.75) is 38.6 Å². The zero-order valence-corrected chi connectivity index (χ0v) is 13.2. The monoisotopic (exact) mass is 310 g/mol. The van der Waals surface area contributed by atoms with Gasteiger partial charge in [-0.15, -0.1) is 0 Å². The van der Waals surface area contributed by atoms with Crippen molar-refractivity contribution < 1.29 is 9.90 Å². The standard InChI is InChI=1S/C16H23ClN2O2/c1-12-5-2-3-9-19(12)10-4-8-18-15-11-13(17)6-7-14(15)16(20)21/h6-7,11-12,18H,2-5,8-10H2,1H3,(H,20,21). The Bertz CT molecular complexity index is 493. The Kier molecular flexibility index (Phi) is 5.88. The van der Waals surface area contributed by atoms with Gasteiger partial charge in [0.2, 0.25) is 0 Å². The molecule has 1 heterocycles. The molecule has 116 valence electrons. The number of carboxylic acid groups (broad SMARTS) is 1. The molecule has 1 aliphatic rings. The molecule has 1 aromatic carbocycles. The lowest BCUT2D eigenvalue weighted by Crippen LogP contribution is -2.38. The Labute approximate surface area is 131 Å². The van der Waals surface area contributed by atoms with Crippen molar-refractivity contribution in [3.05, 3.63) is 28.8 Å². The largest absolute Gasteiger partial charge is 0.478 e. The van der Waals surface area contributed by atoms with Crippen LogP contribution < -0.4 is 5.32 Å². The molecule has 5 heteroatoms. The average Bonchev–Trinajstić information content (AvgIpc) is 2.45. The predicted octanol–water partition coefficient (Wildman–Crippen LogP) is 3.71. The van der Waals surface area contributed by atoms with E-state index >= 15 is 0 Å². The van der Waals surface area contributed by atoms with Gasteiger partial charge in [0.25, 0.3) is 0 Å². The highest BCUT2D eigenvalue weighted by atomic mass is 35.5. The van der Waals surface area contributed by atoms with E-state index in [0.717, 1.165) is 19.5 Å². The smallest absolute Gasteiger partial charge is 0.337 e. The number of halogens is 1. The number of hydrogen-bond donors (Lipinski definition) is 2. The third-order valence-electron chi connectivity index (χ3n) is 4.09. The van der Waals surface area contributed by atoms with Crippen LogP contribution in [-0.2, 0) is 0 Å². The lowest BCUT2D eigenvalue weighted by molar-refractivity contribution is 0.0698. The number of nitrogens with zero attached hydrogens (tertiary/aromatic N) is 1. The van der Waals surface area contributed by atoms with Crippen molar-refractivity contribution >= 4 is 23.3 Å². The van der Waals surface area contributed by atoms with Crippen LogP contribution in [0.3, 0.4) is 0 Å². The van der Waals surface area contributed by atoms with Gasteiger partial charge in [0.15, 0.2) is 0 Å². The second-order valence-electron chi connectivity index (χ2n) is 5.66. The lowest BCUT2D eigenvalue weighted by atomic mass is 10.0. The third kappa shape index (κ3) is 4.61. The number of rotatable bonds is 6. The molecule has 4 nitrogen and oxygen atoms in total. The van der Waals surface area contributed by atoms with Crippen LogP contribution in [0.25, 0.3) is 0 Å². The van der Waals surface area contributed by atoms with Gasteiger partial charge in [0.1, 0.15) is 0 Å². The first-order valence-electron chi connectivity index (χ1n) is 7.58. The summed E-state index contributed by atoms with van der Waals surface area (Å²) >= 11 is 5.93. The molecule has 0 aromatic heterocycles. The fraction of sp³-hybridized carbons (Fsp3) is 0.562. The maximum Gasteiger partial charge on any atom is 0.337 e. The number of piperidine rings is 1. The summed E-state index contributed by atoms with van der Waals surface area (Å²) in [5.41, 5.74) is 0.868. The van der Waals surface area contributed by atoms with Crippen molar-refractivity contribution in [1.82, 2.24) is 4.90 Å². The van der Waals surface area contributed by atoms with E-state index in [-0.39, 0.29) is 5.56 Å². The molecule has 21 heavy (non-hydrogen) atoms. The molecule has 1 atom stereocenters. The summed E-state index contributed by atoms with van der Waals surface area (Å²) in [6.07, 6.45) is 4.90. The quantitative estimate of drug-likeness (QED) is 0.786. The first kappa shape index (κ1) is 16.1. The van der Waals surface area contributed by atoms with Crippen LogP contribution in [-0.4, -0.2) is 41.7 Å². The van der Waals surface area contributed by atoms with E-state index in [1.165, 1.54) is 25.8 Å². The van der Waals surface area contributed by atoms with Crippen LogP contribution in [0.15, 0.2) is 18.2 Å². The number of carboxylic acids is 1. The summed E-state index contributed by atoms with van der Waals surface area (Å²) in [7, 11) is 0. The van der Waals surface area contributed by atoms with Gasteiger partial charge >= 0.3 is 5.97 Å². The molecule has 1 unspecified atom stereocenters. The minimum atomic E-state index is -0.932. The van der Waals surface area contributed by atoms with E-state index in [0.29, 0.717) is 16.8 Å². The van der Waals surface area contributed by atoms with E-state index < -0.39 is 5.97 Å². The number of anilines is 1. The highest BCUT2D eigenvalue weighted by molar-refractivity contribution is 6.31. The molecule has 0 spiro atoms. The molecule has 1 aromatic rings. The first-order valence-corrected chi connectivity index (χ1v) is 7.96. The van der Waals surface area contributed by atoms with Gasteiger partial charge < -0.3 is 15.3 Å². The topological polar surface area (TPSA) is 52.6 Å². The van der Waals surface area contributed by atoms with Crippen molar-refractivity contribution in [2.24, 2.45) is 0 Å². The number of carbonyl (C=O) groups is 1. The van der Waals surface area contributed by atoms with E-state index in [1.807, 2.05) is 0 Å². The zero-order chi connectivity index (χ0) is 15.2. The van der Waals surface area contributed by atoms with Crippen molar-refractivity contribution in [3.8, 4) is 0 Å². The van der Waals surface area contributed by atoms with Crippen LogP contribution in [0, 0.1) is 0 Å². The zero-order valence-electron chi connectivity index (χ0n) is 12.4. The Morgan fingerprint density at radius 2 is 2.29 bits per heavy atom.